The number of methoxy groups -OCH3 is 1. The molecule has 2 aromatic heterocycles. The fourth-order valence-electron chi connectivity index (χ4n) is 2.20. The molecule has 0 amide bonds. The standard InChI is InChI=1S/C16H13N3O3/c1-22-14(20)8-10-6-7-17-16(19-10)15(21)12-9-18-13-5-3-2-4-11(12)13/h2-7,9,18H,8H2,1H3. The molecule has 6 heteroatoms. The number of para-hydroxylation sites is 1. The van der Waals surface area contributed by atoms with E-state index in [-0.39, 0.29) is 18.0 Å². The van der Waals surface area contributed by atoms with Crippen molar-refractivity contribution in [2.24, 2.45) is 0 Å². The molecule has 0 unspecified atom stereocenters. The Morgan fingerprint density at radius 1 is 1.23 bits per heavy atom. The minimum Gasteiger partial charge on any atom is -0.469 e. The summed E-state index contributed by atoms with van der Waals surface area (Å²) in [7, 11) is 1.31. The molecule has 6 nitrogen and oxygen atoms in total. The van der Waals surface area contributed by atoms with E-state index in [9.17, 15) is 9.59 Å². The number of nitrogens with one attached hydrogen (secondary N) is 1. The number of carbonyl (C=O) groups excluding carboxylic acids is 2. The molecule has 3 aromatic rings. The van der Waals surface area contributed by atoms with E-state index >= 15 is 0 Å². The number of H-pyrrole nitrogens is 1. The van der Waals surface area contributed by atoms with Crippen LogP contribution in [0.25, 0.3) is 10.9 Å². The second kappa shape index (κ2) is 5.77. The lowest BCUT2D eigenvalue weighted by molar-refractivity contribution is -0.139. The van der Waals surface area contributed by atoms with E-state index in [2.05, 4.69) is 19.7 Å². The summed E-state index contributed by atoms with van der Waals surface area (Å²) in [5.74, 6) is -0.639. The third-order valence-corrected chi connectivity index (χ3v) is 3.30. The summed E-state index contributed by atoms with van der Waals surface area (Å²) >= 11 is 0. The van der Waals surface area contributed by atoms with Gasteiger partial charge in [0.05, 0.1) is 24.8 Å². The first-order chi connectivity index (χ1) is 10.7. The Morgan fingerprint density at radius 2 is 2.05 bits per heavy atom. The van der Waals surface area contributed by atoms with Gasteiger partial charge in [-0.25, -0.2) is 9.97 Å². The van der Waals surface area contributed by atoms with Crippen molar-refractivity contribution in [2.75, 3.05) is 7.11 Å². The number of aromatic nitrogens is 3. The summed E-state index contributed by atoms with van der Waals surface area (Å²) in [6.07, 6.45) is 3.11. The summed E-state index contributed by atoms with van der Waals surface area (Å²) in [5.41, 5.74) is 1.83. The van der Waals surface area contributed by atoms with E-state index in [4.69, 9.17) is 0 Å². The number of nitrogens with zero attached hydrogens (tertiary/aromatic N) is 2. The number of ketones is 1. The molecule has 0 aliphatic rings. The topological polar surface area (TPSA) is 84.9 Å². The van der Waals surface area contributed by atoms with Gasteiger partial charge in [0.2, 0.25) is 11.6 Å². The minimum absolute atomic E-state index is 0.00713. The highest BCUT2D eigenvalue weighted by molar-refractivity contribution is 6.14. The summed E-state index contributed by atoms with van der Waals surface area (Å²) < 4.78 is 4.60. The smallest absolute Gasteiger partial charge is 0.311 e. The van der Waals surface area contributed by atoms with Crippen molar-refractivity contribution in [3.63, 3.8) is 0 Å². The van der Waals surface area contributed by atoms with Crippen LogP contribution in [-0.4, -0.2) is 33.8 Å². The molecule has 2 heterocycles. The van der Waals surface area contributed by atoms with Crippen LogP contribution in [0.5, 0.6) is 0 Å². The Balaban J connectivity index is 1.95. The molecule has 1 aromatic carbocycles. The number of fused-ring (bicyclic) bond motifs is 1. The molecule has 22 heavy (non-hydrogen) atoms. The highest BCUT2D eigenvalue weighted by Gasteiger charge is 2.17. The maximum atomic E-state index is 12.6. The second-order valence-electron chi connectivity index (χ2n) is 4.70. The fourth-order valence-corrected chi connectivity index (χ4v) is 2.20. The molecule has 0 aliphatic heterocycles. The zero-order valence-electron chi connectivity index (χ0n) is 11.9. The van der Waals surface area contributed by atoms with Gasteiger partial charge in [0.1, 0.15) is 0 Å². The zero-order chi connectivity index (χ0) is 15.5. The van der Waals surface area contributed by atoms with Crippen LogP contribution in [0.2, 0.25) is 0 Å². The lowest BCUT2D eigenvalue weighted by atomic mass is 10.1. The van der Waals surface area contributed by atoms with Gasteiger partial charge in [0.15, 0.2) is 0 Å². The molecular formula is C16H13N3O3. The zero-order valence-corrected chi connectivity index (χ0v) is 11.9. The number of carbonyl (C=O) groups is 2. The molecule has 1 N–H and O–H groups in total. The Kier molecular flexibility index (Phi) is 3.65. The lowest BCUT2D eigenvalue weighted by Gasteiger charge is -2.02. The van der Waals surface area contributed by atoms with Crippen molar-refractivity contribution < 1.29 is 14.3 Å². The maximum absolute atomic E-state index is 12.6. The average Bonchev–Trinajstić information content (AvgIpc) is 2.98. The molecule has 0 saturated carbocycles. The normalized spacial score (nSPS) is 10.6. The molecule has 0 saturated heterocycles. The first-order valence-electron chi connectivity index (χ1n) is 6.68. The average molecular weight is 295 g/mol. The number of aromatic amines is 1. The number of rotatable bonds is 4. The predicted octanol–water partition coefficient (Wildman–Crippen LogP) is 1.90. The Labute approximate surface area is 126 Å². The fraction of sp³-hybridized carbons (Fsp3) is 0.125. The van der Waals surface area contributed by atoms with Gasteiger partial charge in [0.25, 0.3) is 0 Å². The Hall–Kier alpha value is -3.02. The number of ether oxygens (including phenoxy) is 1. The van der Waals surface area contributed by atoms with Gasteiger partial charge >= 0.3 is 5.97 Å². The van der Waals surface area contributed by atoms with Crippen molar-refractivity contribution in [3.05, 3.63) is 59.8 Å². The van der Waals surface area contributed by atoms with Crippen LogP contribution in [-0.2, 0) is 16.0 Å². The summed E-state index contributed by atoms with van der Waals surface area (Å²) in [6.45, 7) is 0. The molecule has 0 atom stereocenters. The van der Waals surface area contributed by atoms with E-state index in [1.165, 1.54) is 13.3 Å². The van der Waals surface area contributed by atoms with Crippen molar-refractivity contribution in [3.8, 4) is 0 Å². The number of benzene rings is 1. The van der Waals surface area contributed by atoms with Crippen molar-refractivity contribution >= 4 is 22.7 Å². The van der Waals surface area contributed by atoms with Crippen LogP contribution < -0.4 is 0 Å². The predicted molar refractivity (Wildman–Crippen MR) is 79.5 cm³/mol. The van der Waals surface area contributed by atoms with E-state index in [0.717, 1.165) is 10.9 Å². The van der Waals surface area contributed by atoms with Crippen molar-refractivity contribution in [1.82, 2.24) is 15.0 Å². The third kappa shape index (κ3) is 2.58. The highest BCUT2D eigenvalue weighted by Crippen LogP contribution is 2.19. The molecule has 110 valence electrons. The number of esters is 1. The Morgan fingerprint density at radius 3 is 2.86 bits per heavy atom. The van der Waals surface area contributed by atoms with Gasteiger partial charge in [-0.3, -0.25) is 9.59 Å². The maximum Gasteiger partial charge on any atom is 0.311 e. The largest absolute Gasteiger partial charge is 0.469 e. The Bertz CT molecular complexity index is 854. The second-order valence-corrected chi connectivity index (χ2v) is 4.70. The van der Waals surface area contributed by atoms with Crippen LogP contribution in [0.1, 0.15) is 21.9 Å². The molecular weight excluding hydrogens is 282 g/mol. The van der Waals surface area contributed by atoms with Crippen LogP contribution in [0.3, 0.4) is 0 Å². The minimum atomic E-state index is -0.413. The van der Waals surface area contributed by atoms with E-state index in [1.807, 2.05) is 24.3 Å². The quantitative estimate of drug-likeness (QED) is 0.587. The first kappa shape index (κ1) is 13.9. The summed E-state index contributed by atoms with van der Waals surface area (Å²) in [6, 6.07) is 9.09. The third-order valence-electron chi connectivity index (χ3n) is 3.30. The lowest BCUT2D eigenvalue weighted by Crippen LogP contribution is -2.11. The summed E-state index contributed by atoms with van der Waals surface area (Å²) in [4.78, 5) is 35.1. The van der Waals surface area contributed by atoms with Crippen LogP contribution in [0.4, 0.5) is 0 Å². The van der Waals surface area contributed by atoms with Gasteiger partial charge in [-0.05, 0) is 12.1 Å². The van der Waals surface area contributed by atoms with Gasteiger partial charge in [-0.1, -0.05) is 18.2 Å². The van der Waals surface area contributed by atoms with E-state index in [1.54, 1.807) is 12.3 Å². The van der Waals surface area contributed by atoms with Crippen molar-refractivity contribution in [2.45, 2.75) is 6.42 Å². The first-order valence-corrected chi connectivity index (χ1v) is 6.68. The molecule has 0 spiro atoms. The van der Waals surface area contributed by atoms with Crippen molar-refractivity contribution in [1.29, 1.82) is 0 Å². The molecule has 0 aliphatic carbocycles. The van der Waals surface area contributed by atoms with Gasteiger partial charge in [-0.2, -0.15) is 0 Å². The van der Waals surface area contributed by atoms with Gasteiger partial charge in [0, 0.05) is 23.3 Å². The van der Waals surface area contributed by atoms with E-state index in [0.29, 0.717) is 11.3 Å². The monoisotopic (exact) mass is 295 g/mol. The molecule has 0 bridgehead atoms. The molecule has 0 radical (unpaired) electrons. The SMILES string of the molecule is COC(=O)Cc1ccnc(C(=O)c2c[nH]c3ccccc23)n1. The van der Waals surface area contributed by atoms with Crippen LogP contribution >= 0.6 is 0 Å². The van der Waals surface area contributed by atoms with Crippen LogP contribution in [0, 0.1) is 0 Å². The van der Waals surface area contributed by atoms with Gasteiger partial charge < -0.3 is 9.72 Å². The van der Waals surface area contributed by atoms with E-state index < -0.39 is 5.97 Å². The summed E-state index contributed by atoms with van der Waals surface area (Å²) in [5, 5.41) is 0.814. The number of hydrogen-bond donors (Lipinski definition) is 1. The number of hydrogen-bond acceptors (Lipinski definition) is 5. The van der Waals surface area contributed by atoms with Crippen LogP contribution in [0.15, 0.2) is 42.7 Å². The molecule has 3 rings (SSSR count). The molecule has 0 fully saturated rings. The highest BCUT2D eigenvalue weighted by atomic mass is 16.5. The van der Waals surface area contributed by atoms with Gasteiger partial charge in [-0.15, -0.1) is 0 Å².